The fourth-order valence-electron chi connectivity index (χ4n) is 6.33. The lowest BCUT2D eigenvalue weighted by Crippen LogP contribution is -2.41. The number of thiophene rings is 1. The van der Waals surface area contributed by atoms with Crippen molar-refractivity contribution >= 4 is 79.9 Å². The zero-order chi connectivity index (χ0) is 34.1. The van der Waals surface area contributed by atoms with E-state index in [2.05, 4.69) is 5.32 Å². The summed E-state index contributed by atoms with van der Waals surface area (Å²) in [6.07, 6.45) is 3.25. The van der Waals surface area contributed by atoms with Crippen LogP contribution in [0, 0.1) is 6.92 Å². The molecule has 1 fully saturated rings. The average Bonchev–Trinajstić information content (AvgIpc) is 3.67. The molecule has 0 unspecified atom stereocenters. The molecule has 248 valence electrons. The highest BCUT2D eigenvalue weighted by molar-refractivity contribution is 7.20. The van der Waals surface area contributed by atoms with Gasteiger partial charge in [0.15, 0.2) is 6.61 Å². The summed E-state index contributed by atoms with van der Waals surface area (Å²) in [5.41, 5.74) is 6.53. The minimum absolute atomic E-state index is 0.171. The van der Waals surface area contributed by atoms with Gasteiger partial charge in [-0.05, 0) is 71.9 Å². The standard InChI is InChI=1S/C38H31Cl2N3O5S/c1-22-32(37(45)43-15-17-47-18-16-43)36(49-35(22)24-7-3-2-4-8-24)42-31(44)21-48-38(46)33-26-9-5-6-10-30(26)41-34-25(12-13-27(33)34)19-23-11-14-28(39)29(40)20-23/h2-11,14,19-20H,12-13,15-18,21H2,1H3,(H,42,44)/b25-19-. The number of hydrogen-bond acceptors (Lipinski definition) is 7. The highest BCUT2D eigenvalue weighted by atomic mass is 35.5. The number of pyridine rings is 1. The van der Waals surface area contributed by atoms with Gasteiger partial charge < -0.3 is 19.7 Å². The number of nitrogens with one attached hydrogen (secondary N) is 1. The lowest BCUT2D eigenvalue weighted by atomic mass is 10.0. The van der Waals surface area contributed by atoms with Crippen molar-refractivity contribution in [2.45, 2.75) is 19.8 Å². The smallest absolute Gasteiger partial charge is 0.339 e. The number of hydrogen-bond donors (Lipinski definition) is 1. The van der Waals surface area contributed by atoms with Gasteiger partial charge in [0.2, 0.25) is 0 Å². The van der Waals surface area contributed by atoms with Gasteiger partial charge in [-0.15, -0.1) is 11.3 Å². The van der Waals surface area contributed by atoms with Gasteiger partial charge in [0.05, 0.1) is 45.6 Å². The van der Waals surface area contributed by atoms with Crippen LogP contribution in [0.4, 0.5) is 5.00 Å². The van der Waals surface area contributed by atoms with Gasteiger partial charge in [0.1, 0.15) is 5.00 Å². The quantitative estimate of drug-likeness (QED) is 0.171. The Morgan fingerprint density at radius 2 is 1.71 bits per heavy atom. The monoisotopic (exact) mass is 711 g/mol. The first kappa shape index (κ1) is 33.0. The van der Waals surface area contributed by atoms with Crippen LogP contribution in [0.1, 0.15) is 49.5 Å². The molecule has 1 N–H and O–H groups in total. The number of esters is 1. The predicted octanol–water partition coefficient (Wildman–Crippen LogP) is 8.33. The minimum Gasteiger partial charge on any atom is -0.452 e. The first-order chi connectivity index (χ1) is 23.8. The van der Waals surface area contributed by atoms with Crippen LogP contribution in [-0.2, 0) is 20.7 Å². The second-order valence-corrected chi connectivity index (χ2v) is 13.7. The number of benzene rings is 3. The number of halogens is 2. The Bertz CT molecular complexity index is 2140. The summed E-state index contributed by atoms with van der Waals surface area (Å²) in [5.74, 6) is -1.33. The molecule has 3 heterocycles. The van der Waals surface area contributed by atoms with Crippen LogP contribution >= 0.6 is 34.5 Å². The molecular formula is C38H31Cl2N3O5S. The van der Waals surface area contributed by atoms with Crippen LogP contribution in [0.5, 0.6) is 0 Å². The molecule has 0 atom stereocenters. The van der Waals surface area contributed by atoms with Crippen LogP contribution in [0.3, 0.4) is 0 Å². The zero-order valence-corrected chi connectivity index (χ0v) is 28.9. The number of allylic oxidation sites excluding steroid dienone is 1. The molecule has 2 aliphatic rings. The number of rotatable bonds is 7. The molecule has 5 aromatic rings. The van der Waals surface area contributed by atoms with Crippen LogP contribution in [0.2, 0.25) is 10.0 Å². The Labute approximate surface area is 297 Å². The van der Waals surface area contributed by atoms with Crippen LogP contribution in [0.25, 0.3) is 33.0 Å². The molecule has 8 nitrogen and oxygen atoms in total. The molecule has 2 amide bonds. The van der Waals surface area contributed by atoms with Crippen molar-refractivity contribution in [2.24, 2.45) is 0 Å². The number of anilines is 1. The van der Waals surface area contributed by atoms with E-state index in [4.69, 9.17) is 37.7 Å². The largest absolute Gasteiger partial charge is 0.452 e. The van der Waals surface area contributed by atoms with E-state index in [1.807, 2.05) is 73.7 Å². The van der Waals surface area contributed by atoms with Crippen molar-refractivity contribution < 1.29 is 23.9 Å². The molecule has 0 spiro atoms. The number of ether oxygens (including phenoxy) is 2. The Hall–Kier alpha value is -4.54. The third-order valence-electron chi connectivity index (χ3n) is 8.71. The summed E-state index contributed by atoms with van der Waals surface area (Å²) in [5, 5.41) is 4.88. The van der Waals surface area contributed by atoms with Crippen molar-refractivity contribution in [2.75, 3.05) is 38.2 Å². The Morgan fingerprint density at radius 3 is 2.49 bits per heavy atom. The topological polar surface area (TPSA) is 97.8 Å². The van der Waals surface area contributed by atoms with Crippen molar-refractivity contribution in [3.05, 3.63) is 116 Å². The highest BCUT2D eigenvalue weighted by Crippen LogP contribution is 2.41. The number of morpholine rings is 1. The minimum atomic E-state index is -0.613. The number of carbonyl (C=O) groups excluding carboxylic acids is 3. The molecule has 1 aliphatic carbocycles. The van der Waals surface area contributed by atoms with E-state index in [1.165, 1.54) is 11.3 Å². The number of fused-ring (bicyclic) bond motifs is 2. The Kier molecular flexibility index (Phi) is 9.51. The molecule has 11 heteroatoms. The SMILES string of the molecule is Cc1c(-c2ccccc2)sc(NC(=O)COC(=O)c2c3c(nc4ccccc24)/C(=C\c2ccc(Cl)c(Cl)c2)CC3)c1C(=O)N1CCOCC1. The van der Waals surface area contributed by atoms with Crippen LogP contribution in [0.15, 0.2) is 72.8 Å². The maximum absolute atomic E-state index is 13.8. The van der Waals surface area contributed by atoms with Gasteiger partial charge in [-0.3, -0.25) is 9.59 Å². The van der Waals surface area contributed by atoms with Gasteiger partial charge in [0, 0.05) is 23.4 Å². The molecule has 7 rings (SSSR count). The van der Waals surface area contributed by atoms with Crippen molar-refractivity contribution in [3.63, 3.8) is 0 Å². The number of aromatic nitrogens is 1. The third kappa shape index (κ3) is 6.72. The summed E-state index contributed by atoms with van der Waals surface area (Å²) in [4.78, 5) is 48.5. The van der Waals surface area contributed by atoms with Gasteiger partial charge in [-0.25, -0.2) is 9.78 Å². The lowest BCUT2D eigenvalue weighted by molar-refractivity contribution is -0.119. The Morgan fingerprint density at radius 1 is 0.959 bits per heavy atom. The molecule has 0 bridgehead atoms. The number of para-hydroxylation sites is 1. The van der Waals surface area contributed by atoms with Gasteiger partial charge in [0.25, 0.3) is 11.8 Å². The van der Waals surface area contributed by atoms with Crippen molar-refractivity contribution in [1.82, 2.24) is 9.88 Å². The van der Waals surface area contributed by atoms with Crippen molar-refractivity contribution in [3.8, 4) is 10.4 Å². The first-order valence-corrected chi connectivity index (χ1v) is 17.5. The predicted molar refractivity (Wildman–Crippen MR) is 195 cm³/mol. The zero-order valence-electron chi connectivity index (χ0n) is 26.6. The fraction of sp³-hybridized carbons (Fsp3) is 0.211. The summed E-state index contributed by atoms with van der Waals surface area (Å²) in [7, 11) is 0. The van der Waals surface area contributed by atoms with E-state index in [0.717, 1.165) is 38.4 Å². The van der Waals surface area contributed by atoms with Gasteiger partial charge >= 0.3 is 5.97 Å². The molecule has 1 saturated heterocycles. The molecule has 2 aromatic heterocycles. The maximum Gasteiger partial charge on any atom is 0.339 e. The highest BCUT2D eigenvalue weighted by Gasteiger charge is 2.30. The van der Waals surface area contributed by atoms with E-state index in [-0.39, 0.29) is 5.91 Å². The fourth-order valence-corrected chi connectivity index (χ4v) is 7.86. The number of carbonyl (C=O) groups is 3. The van der Waals surface area contributed by atoms with Crippen LogP contribution in [-0.4, -0.2) is 60.6 Å². The second kappa shape index (κ2) is 14.1. The third-order valence-corrected chi connectivity index (χ3v) is 10.7. The van der Waals surface area contributed by atoms with Crippen molar-refractivity contribution in [1.29, 1.82) is 0 Å². The first-order valence-electron chi connectivity index (χ1n) is 15.9. The maximum atomic E-state index is 13.8. The summed E-state index contributed by atoms with van der Waals surface area (Å²) >= 11 is 13.7. The second-order valence-electron chi connectivity index (χ2n) is 11.8. The van der Waals surface area contributed by atoms with E-state index in [1.54, 1.807) is 17.0 Å². The summed E-state index contributed by atoms with van der Waals surface area (Å²) < 4.78 is 11.1. The van der Waals surface area contributed by atoms with E-state index < -0.39 is 18.5 Å². The van der Waals surface area contributed by atoms with E-state index in [9.17, 15) is 14.4 Å². The van der Waals surface area contributed by atoms with Gasteiger partial charge in [-0.1, -0.05) is 77.8 Å². The van der Waals surface area contributed by atoms with E-state index in [0.29, 0.717) is 76.2 Å². The molecule has 0 saturated carbocycles. The molecule has 1 aliphatic heterocycles. The normalized spacial score (nSPS) is 15.0. The van der Waals surface area contributed by atoms with Gasteiger partial charge in [-0.2, -0.15) is 0 Å². The average molecular weight is 713 g/mol. The molecule has 3 aromatic carbocycles. The molecule has 49 heavy (non-hydrogen) atoms. The summed E-state index contributed by atoms with van der Waals surface area (Å²) in [6.45, 7) is 3.21. The number of amides is 2. The number of nitrogens with zero attached hydrogens (tertiary/aromatic N) is 2. The molecule has 0 radical (unpaired) electrons. The lowest BCUT2D eigenvalue weighted by Gasteiger charge is -2.27. The Balaban J connectivity index is 1.15. The van der Waals surface area contributed by atoms with E-state index >= 15 is 0 Å². The molecular weight excluding hydrogens is 681 g/mol. The summed E-state index contributed by atoms with van der Waals surface area (Å²) in [6, 6.07) is 22.5. The van der Waals surface area contributed by atoms with Crippen LogP contribution < -0.4 is 5.32 Å².